The summed E-state index contributed by atoms with van der Waals surface area (Å²) in [5.74, 6) is 0.686. The molecule has 1 amide bonds. The van der Waals surface area contributed by atoms with E-state index in [1.807, 2.05) is 11.8 Å². The van der Waals surface area contributed by atoms with Crippen molar-refractivity contribution in [2.24, 2.45) is 0 Å². The van der Waals surface area contributed by atoms with Crippen molar-refractivity contribution in [3.8, 4) is 0 Å². The molecule has 25 heavy (non-hydrogen) atoms. The fraction of sp³-hybridized carbons (Fsp3) is 0.562. The van der Waals surface area contributed by atoms with Crippen molar-refractivity contribution >= 4 is 39.3 Å². The standard InChI is InChI=1S/C16H23ClN2O4S2/c17-13-2-1-3-15(12-13)25(21,22)19-7-4-16(20)18-8-11-24-14-5-9-23-10-6-14/h1-3,12,14,19H,4-11H2,(H,18,20). The first-order chi connectivity index (χ1) is 12.0. The average Bonchev–Trinajstić information content (AvgIpc) is 2.59. The zero-order valence-corrected chi connectivity index (χ0v) is 16.3. The van der Waals surface area contributed by atoms with E-state index in [0.29, 0.717) is 16.8 Å². The molecule has 6 nitrogen and oxygen atoms in total. The Balaban J connectivity index is 1.61. The van der Waals surface area contributed by atoms with E-state index in [1.165, 1.54) is 12.1 Å². The number of ether oxygens (including phenoxy) is 1. The highest BCUT2D eigenvalue weighted by molar-refractivity contribution is 7.99. The van der Waals surface area contributed by atoms with Crippen LogP contribution >= 0.6 is 23.4 Å². The van der Waals surface area contributed by atoms with Gasteiger partial charge in [-0.3, -0.25) is 4.79 Å². The molecule has 0 saturated carbocycles. The highest BCUT2D eigenvalue weighted by atomic mass is 35.5. The van der Waals surface area contributed by atoms with Crippen molar-refractivity contribution in [3.05, 3.63) is 29.3 Å². The number of amides is 1. The molecule has 0 aromatic heterocycles. The Morgan fingerprint density at radius 2 is 2.04 bits per heavy atom. The van der Waals surface area contributed by atoms with Crippen LogP contribution in [0.25, 0.3) is 0 Å². The minimum atomic E-state index is -3.65. The van der Waals surface area contributed by atoms with Crippen LogP contribution in [0.15, 0.2) is 29.2 Å². The van der Waals surface area contributed by atoms with Gasteiger partial charge in [0.05, 0.1) is 4.90 Å². The summed E-state index contributed by atoms with van der Waals surface area (Å²) >= 11 is 7.64. The number of rotatable bonds is 9. The van der Waals surface area contributed by atoms with Crippen LogP contribution in [0.3, 0.4) is 0 Å². The van der Waals surface area contributed by atoms with Crippen LogP contribution in [-0.2, 0) is 19.6 Å². The number of nitrogens with one attached hydrogen (secondary N) is 2. The van der Waals surface area contributed by atoms with E-state index in [-0.39, 0.29) is 23.8 Å². The molecule has 0 unspecified atom stereocenters. The van der Waals surface area contributed by atoms with E-state index in [0.717, 1.165) is 31.8 Å². The molecule has 1 aliphatic rings. The van der Waals surface area contributed by atoms with Crippen LogP contribution in [0.2, 0.25) is 5.02 Å². The fourth-order valence-electron chi connectivity index (χ4n) is 2.36. The van der Waals surface area contributed by atoms with Crippen LogP contribution < -0.4 is 10.0 Å². The van der Waals surface area contributed by atoms with Gasteiger partial charge in [0.2, 0.25) is 15.9 Å². The molecule has 1 aromatic rings. The zero-order valence-electron chi connectivity index (χ0n) is 13.9. The maximum Gasteiger partial charge on any atom is 0.240 e. The molecule has 2 rings (SSSR count). The van der Waals surface area contributed by atoms with Crippen LogP contribution in [0.1, 0.15) is 19.3 Å². The first-order valence-corrected chi connectivity index (χ1v) is 11.1. The Kier molecular flexibility index (Phi) is 8.51. The third-order valence-electron chi connectivity index (χ3n) is 3.70. The second-order valence-corrected chi connectivity index (χ2v) is 9.25. The Morgan fingerprint density at radius 1 is 1.28 bits per heavy atom. The van der Waals surface area contributed by atoms with Gasteiger partial charge in [-0.15, -0.1) is 0 Å². The number of hydrogen-bond donors (Lipinski definition) is 2. The van der Waals surface area contributed by atoms with Crippen LogP contribution in [0.4, 0.5) is 0 Å². The maximum atomic E-state index is 12.1. The zero-order chi connectivity index (χ0) is 18.1. The lowest BCUT2D eigenvalue weighted by atomic mass is 10.2. The predicted octanol–water partition coefficient (Wildman–Crippen LogP) is 2.04. The summed E-state index contributed by atoms with van der Waals surface area (Å²) in [5, 5.41) is 3.77. The van der Waals surface area contributed by atoms with Gasteiger partial charge in [0, 0.05) is 48.7 Å². The maximum absolute atomic E-state index is 12.1. The lowest BCUT2D eigenvalue weighted by Gasteiger charge is -2.21. The molecule has 140 valence electrons. The molecule has 1 fully saturated rings. The van der Waals surface area contributed by atoms with Crippen molar-refractivity contribution in [3.63, 3.8) is 0 Å². The number of hydrogen-bond acceptors (Lipinski definition) is 5. The normalized spacial score (nSPS) is 15.9. The van der Waals surface area contributed by atoms with E-state index < -0.39 is 10.0 Å². The molecule has 9 heteroatoms. The number of thioether (sulfide) groups is 1. The second kappa shape index (κ2) is 10.4. The molecular weight excluding hydrogens is 384 g/mol. The molecular formula is C16H23ClN2O4S2. The predicted molar refractivity (Wildman–Crippen MR) is 101 cm³/mol. The smallest absolute Gasteiger partial charge is 0.240 e. The van der Waals surface area contributed by atoms with Gasteiger partial charge in [-0.2, -0.15) is 11.8 Å². The van der Waals surface area contributed by atoms with E-state index in [9.17, 15) is 13.2 Å². The van der Waals surface area contributed by atoms with Gasteiger partial charge in [0.25, 0.3) is 0 Å². The van der Waals surface area contributed by atoms with Crippen LogP contribution in [-0.4, -0.2) is 51.6 Å². The van der Waals surface area contributed by atoms with Gasteiger partial charge in [0.15, 0.2) is 0 Å². The highest BCUT2D eigenvalue weighted by Gasteiger charge is 2.15. The van der Waals surface area contributed by atoms with E-state index in [2.05, 4.69) is 10.0 Å². The van der Waals surface area contributed by atoms with Crippen molar-refractivity contribution in [2.75, 3.05) is 32.1 Å². The minimum Gasteiger partial charge on any atom is -0.381 e. The van der Waals surface area contributed by atoms with E-state index in [1.54, 1.807) is 12.1 Å². The average molecular weight is 407 g/mol. The Morgan fingerprint density at radius 3 is 2.76 bits per heavy atom. The van der Waals surface area contributed by atoms with E-state index >= 15 is 0 Å². The summed E-state index contributed by atoms with van der Waals surface area (Å²) < 4.78 is 31.9. The third-order valence-corrected chi connectivity index (χ3v) is 6.77. The van der Waals surface area contributed by atoms with Gasteiger partial charge in [-0.1, -0.05) is 17.7 Å². The molecule has 0 spiro atoms. The SMILES string of the molecule is O=C(CCNS(=O)(=O)c1cccc(Cl)c1)NCCSC1CCOCC1. The third kappa shape index (κ3) is 7.53. The molecule has 1 aliphatic heterocycles. The summed E-state index contributed by atoms with van der Waals surface area (Å²) in [4.78, 5) is 11.9. The van der Waals surface area contributed by atoms with Crippen LogP contribution in [0.5, 0.6) is 0 Å². The molecule has 1 aromatic carbocycles. The summed E-state index contributed by atoms with van der Waals surface area (Å²) in [6.45, 7) is 2.27. The summed E-state index contributed by atoms with van der Waals surface area (Å²) in [6, 6.07) is 6.01. The van der Waals surface area contributed by atoms with Gasteiger partial charge in [-0.25, -0.2) is 13.1 Å². The van der Waals surface area contributed by atoms with E-state index in [4.69, 9.17) is 16.3 Å². The highest BCUT2D eigenvalue weighted by Crippen LogP contribution is 2.21. The molecule has 0 aliphatic carbocycles. The summed E-state index contributed by atoms with van der Waals surface area (Å²) in [7, 11) is -3.65. The monoisotopic (exact) mass is 406 g/mol. The molecule has 0 atom stereocenters. The lowest BCUT2D eigenvalue weighted by Crippen LogP contribution is -2.32. The Hall–Kier alpha value is -0.800. The topological polar surface area (TPSA) is 84.5 Å². The Bertz CT molecular complexity index is 664. The number of sulfonamides is 1. The molecule has 1 heterocycles. The quantitative estimate of drug-likeness (QED) is 0.613. The molecule has 0 radical (unpaired) electrons. The first kappa shape index (κ1) is 20.5. The van der Waals surface area contributed by atoms with Crippen LogP contribution in [0, 0.1) is 0 Å². The van der Waals surface area contributed by atoms with Gasteiger partial charge >= 0.3 is 0 Å². The van der Waals surface area contributed by atoms with Crippen molar-refractivity contribution in [2.45, 2.75) is 29.4 Å². The molecule has 0 bridgehead atoms. The Labute approximate surface area is 158 Å². The molecule has 2 N–H and O–H groups in total. The molecule has 1 saturated heterocycles. The first-order valence-electron chi connectivity index (χ1n) is 8.18. The summed E-state index contributed by atoms with van der Waals surface area (Å²) in [6.07, 6.45) is 2.22. The number of benzene rings is 1. The van der Waals surface area contributed by atoms with Gasteiger partial charge in [0.1, 0.15) is 0 Å². The van der Waals surface area contributed by atoms with Crippen molar-refractivity contribution < 1.29 is 17.9 Å². The van der Waals surface area contributed by atoms with Crippen molar-refractivity contribution in [1.82, 2.24) is 10.0 Å². The van der Waals surface area contributed by atoms with Gasteiger partial charge in [-0.05, 0) is 31.0 Å². The second-order valence-electron chi connectivity index (χ2n) is 5.64. The largest absolute Gasteiger partial charge is 0.381 e. The fourth-order valence-corrected chi connectivity index (χ4v) is 4.77. The minimum absolute atomic E-state index is 0.0494. The van der Waals surface area contributed by atoms with Gasteiger partial charge < -0.3 is 10.1 Å². The number of carbonyl (C=O) groups is 1. The lowest BCUT2D eigenvalue weighted by molar-refractivity contribution is -0.120. The van der Waals surface area contributed by atoms with Crippen molar-refractivity contribution in [1.29, 1.82) is 0 Å². The number of halogens is 1. The number of carbonyl (C=O) groups excluding carboxylic acids is 1. The summed E-state index contributed by atoms with van der Waals surface area (Å²) in [5.41, 5.74) is 0.